The van der Waals surface area contributed by atoms with Crippen LogP contribution < -0.4 is 0 Å². The number of hydrogen-bond acceptors (Lipinski definition) is 4. The second-order valence-electron chi connectivity index (χ2n) is 6.52. The highest BCUT2D eigenvalue weighted by Gasteiger charge is 2.66. The van der Waals surface area contributed by atoms with E-state index in [1.807, 2.05) is 34.6 Å². The highest BCUT2D eigenvalue weighted by molar-refractivity contribution is 9.12. The van der Waals surface area contributed by atoms with Gasteiger partial charge in [0.1, 0.15) is 5.60 Å². The van der Waals surface area contributed by atoms with Gasteiger partial charge in [-0.05, 0) is 54.6 Å². The molecule has 0 heterocycles. The number of carbonyl (C=O) groups excluding carboxylic acids is 2. The number of methoxy groups -OCH3 is 1. The Morgan fingerprint density at radius 1 is 1.26 bits per heavy atom. The summed E-state index contributed by atoms with van der Waals surface area (Å²) >= 11 is 3.16. The summed E-state index contributed by atoms with van der Waals surface area (Å²) in [5, 5.41) is 0. The maximum atomic E-state index is 12.4. The molecule has 0 aromatic carbocycles. The lowest BCUT2D eigenvalue weighted by atomic mass is 9.95. The van der Waals surface area contributed by atoms with Gasteiger partial charge in [-0.3, -0.25) is 4.79 Å². The zero-order valence-corrected chi connectivity index (χ0v) is 13.9. The van der Waals surface area contributed by atoms with Crippen molar-refractivity contribution in [2.24, 2.45) is 10.8 Å². The summed E-state index contributed by atoms with van der Waals surface area (Å²) in [4.78, 5) is 23.8. The molecule has 1 saturated carbocycles. The first-order valence-electron chi connectivity index (χ1n) is 6.15. The van der Waals surface area contributed by atoms with Crippen LogP contribution in [0.4, 0.5) is 0 Å². The summed E-state index contributed by atoms with van der Waals surface area (Å²) in [6.07, 6.45) is 2.27. The third kappa shape index (κ3) is 3.38. The van der Waals surface area contributed by atoms with E-state index in [0.717, 1.165) is 0 Å². The highest BCUT2D eigenvalue weighted by atomic mass is 79.9. The van der Waals surface area contributed by atoms with E-state index in [-0.39, 0.29) is 15.9 Å². The van der Waals surface area contributed by atoms with Crippen LogP contribution >= 0.6 is 15.9 Å². The number of halogens is 1. The fourth-order valence-corrected chi connectivity index (χ4v) is 2.60. The van der Waals surface area contributed by atoms with Crippen LogP contribution in [0.15, 0.2) is 10.6 Å². The topological polar surface area (TPSA) is 52.6 Å². The molecule has 0 spiro atoms. The first-order chi connectivity index (χ1) is 8.45. The molecule has 4 nitrogen and oxygen atoms in total. The van der Waals surface area contributed by atoms with Crippen LogP contribution in [0.1, 0.15) is 41.0 Å². The molecule has 0 saturated heterocycles. The second-order valence-corrected chi connectivity index (χ2v) is 7.37. The van der Waals surface area contributed by atoms with E-state index in [4.69, 9.17) is 4.74 Å². The van der Waals surface area contributed by atoms with Crippen molar-refractivity contribution in [2.75, 3.05) is 7.11 Å². The van der Waals surface area contributed by atoms with Crippen LogP contribution in [-0.2, 0) is 19.1 Å². The Morgan fingerprint density at radius 2 is 1.74 bits per heavy atom. The molecule has 1 fully saturated rings. The molecule has 0 aromatic heterocycles. The summed E-state index contributed by atoms with van der Waals surface area (Å²) in [7, 11) is 1.30. The normalized spacial score (nSPS) is 25.7. The molecule has 19 heavy (non-hydrogen) atoms. The van der Waals surface area contributed by atoms with E-state index in [2.05, 4.69) is 20.7 Å². The largest absolute Gasteiger partial charge is 0.465 e. The first kappa shape index (κ1) is 16.2. The third-order valence-electron chi connectivity index (χ3n) is 3.32. The molecule has 108 valence electrons. The fraction of sp³-hybridized carbons (Fsp3) is 0.714. The molecule has 0 aliphatic heterocycles. The monoisotopic (exact) mass is 332 g/mol. The van der Waals surface area contributed by atoms with Gasteiger partial charge < -0.3 is 9.47 Å². The van der Waals surface area contributed by atoms with E-state index in [1.54, 1.807) is 6.08 Å². The van der Waals surface area contributed by atoms with Gasteiger partial charge in [0.25, 0.3) is 0 Å². The van der Waals surface area contributed by atoms with Gasteiger partial charge in [-0.25, -0.2) is 4.79 Å². The van der Waals surface area contributed by atoms with Crippen molar-refractivity contribution < 1.29 is 19.1 Å². The van der Waals surface area contributed by atoms with Crippen molar-refractivity contribution >= 4 is 27.9 Å². The molecule has 5 heteroatoms. The summed E-state index contributed by atoms with van der Waals surface area (Å²) in [5.41, 5.74) is -1.52. The van der Waals surface area contributed by atoms with Crippen LogP contribution in [-0.4, -0.2) is 24.6 Å². The summed E-state index contributed by atoms with van der Waals surface area (Å²) in [6, 6.07) is 0. The lowest BCUT2D eigenvalue weighted by Crippen LogP contribution is -2.31. The van der Waals surface area contributed by atoms with Gasteiger partial charge in [0.2, 0.25) is 0 Å². The average molecular weight is 333 g/mol. The van der Waals surface area contributed by atoms with Crippen molar-refractivity contribution in [1.29, 1.82) is 0 Å². The van der Waals surface area contributed by atoms with Crippen molar-refractivity contribution in [1.82, 2.24) is 0 Å². The minimum Gasteiger partial charge on any atom is -0.465 e. The molecule has 1 atom stereocenters. The molecule has 0 amide bonds. The second kappa shape index (κ2) is 4.93. The number of rotatable bonds is 3. The van der Waals surface area contributed by atoms with Gasteiger partial charge in [-0.1, -0.05) is 13.8 Å². The summed E-state index contributed by atoms with van der Waals surface area (Å²) in [5.74, 6) is -0.795. The predicted molar refractivity (Wildman–Crippen MR) is 75.7 cm³/mol. The number of carbonyl (C=O) groups is 2. The van der Waals surface area contributed by atoms with E-state index in [1.165, 1.54) is 7.11 Å². The number of esters is 2. The van der Waals surface area contributed by atoms with Crippen LogP contribution in [0.5, 0.6) is 0 Å². The maximum absolute atomic E-state index is 12.4. The molecule has 1 aliphatic rings. The minimum atomic E-state index is -0.757. The van der Waals surface area contributed by atoms with E-state index < -0.39 is 17.0 Å². The molecular formula is C14H21BrO4. The van der Waals surface area contributed by atoms with Gasteiger partial charge in [-0.15, -0.1) is 0 Å². The van der Waals surface area contributed by atoms with Gasteiger partial charge in [0, 0.05) is 0 Å². The van der Waals surface area contributed by atoms with Gasteiger partial charge in [0.15, 0.2) is 0 Å². The molecular weight excluding hydrogens is 312 g/mol. The quantitative estimate of drug-likeness (QED) is 0.588. The molecule has 0 bridgehead atoms. The lowest BCUT2D eigenvalue weighted by Gasteiger charge is -2.24. The average Bonchev–Trinajstić information content (AvgIpc) is 2.78. The molecule has 1 rings (SSSR count). The summed E-state index contributed by atoms with van der Waals surface area (Å²) in [6.45, 7) is 9.43. The van der Waals surface area contributed by atoms with Gasteiger partial charge >= 0.3 is 11.9 Å². The Morgan fingerprint density at radius 3 is 2.05 bits per heavy atom. The van der Waals surface area contributed by atoms with Crippen LogP contribution in [0.25, 0.3) is 0 Å². The lowest BCUT2D eigenvalue weighted by molar-refractivity contribution is -0.160. The van der Waals surface area contributed by atoms with Gasteiger partial charge in [0.05, 0.1) is 17.0 Å². The molecule has 0 radical (unpaired) electrons. The smallest absolute Gasteiger partial charge is 0.344 e. The van der Waals surface area contributed by atoms with Crippen molar-refractivity contribution in [3.8, 4) is 0 Å². The number of hydrogen-bond donors (Lipinski definition) is 0. The van der Waals surface area contributed by atoms with Crippen molar-refractivity contribution in [2.45, 2.75) is 46.6 Å². The maximum Gasteiger partial charge on any atom is 0.344 e. The summed E-state index contributed by atoms with van der Waals surface area (Å²) < 4.78 is 10.3. The zero-order valence-electron chi connectivity index (χ0n) is 12.3. The Hall–Kier alpha value is -0.840. The third-order valence-corrected chi connectivity index (χ3v) is 3.87. The van der Waals surface area contributed by atoms with Crippen molar-refractivity contribution in [3.63, 3.8) is 0 Å². The first-order valence-corrected chi connectivity index (χ1v) is 6.95. The SMILES string of the molecule is COC(=O)C(Br)=C[C@]1(C(=O)OC(C)(C)C)CC1(C)C. The predicted octanol–water partition coefficient (Wildman–Crippen LogP) is 3.20. The Kier molecular flexibility index (Phi) is 4.20. The zero-order chi connectivity index (χ0) is 15.1. The standard InChI is InChI=1S/C14H21BrO4/c1-12(2,3)19-11(17)14(8-13(14,4)5)7-9(15)10(16)18-6/h7H,8H2,1-6H3/t14-/m1/s1. The Labute approximate surface area is 122 Å². The van der Waals surface area contributed by atoms with Crippen LogP contribution in [0.2, 0.25) is 0 Å². The van der Waals surface area contributed by atoms with Crippen LogP contribution in [0, 0.1) is 10.8 Å². The Balaban J connectivity index is 3.02. The Bertz CT molecular complexity index is 431. The molecule has 0 aromatic rings. The molecule has 0 unspecified atom stereocenters. The number of ether oxygens (including phenoxy) is 2. The van der Waals surface area contributed by atoms with Gasteiger partial charge in [-0.2, -0.15) is 0 Å². The minimum absolute atomic E-state index is 0.220. The van der Waals surface area contributed by atoms with Crippen LogP contribution in [0.3, 0.4) is 0 Å². The van der Waals surface area contributed by atoms with E-state index in [0.29, 0.717) is 6.42 Å². The molecule has 1 aliphatic carbocycles. The highest BCUT2D eigenvalue weighted by Crippen LogP contribution is 2.65. The van der Waals surface area contributed by atoms with E-state index in [9.17, 15) is 9.59 Å². The van der Waals surface area contributed by atoms with Crippen molar-refractivity contribution in [3.05, 3.63) is 10.6 Å². The van der Waals surface area contributed by atoms with E-state index >= 15 is 0 Å². The molecule has 0 N–H and O–H groups in total. The fourth-order valence-electron chi connectivity index (χ4n) is 2.05.